The quantitative estimate of drug-likeness (QED) is 0.835. The monoisotopic (exact) mass is 304 g/mol. The molecule has 0 saturated carbocycles. The van der Waals surface area contributed by atoms with E-state index in [0.29, 0.717) is 13.1 Å². The third-order valence-corrected chi connectivity index (χ3v) is 4.20. The minimum absolute atomic E-state index is 0.0931. The van der Waals surface area contributed by atoms with Crippen LogP contribution in [0.25, 0.3) is 0 Å². The summed E-state index contributed by atoms with van der Waals surface area (Å²) in [4.78, 5) is 16.8. The fourth-order valence-corrected chi connectivity index (χ4v) is 3.16. The summed E-state index contributed by atoms with van der Waals surface area (Å²) in [5.41, 5.74) is 1.90. The number of hydrogen-bond donors (Lipinski definition) is 0. The van der Waals surface area contributed by atoms with Crippen LogP contribution in [-0.2, 0) is 9.47 Å². The molecular weight excluding hydrogens is 280 g/mol. The Hall–Kier alpha value is -1.59. The largest absolute Gasteiger partial charge is 0.378 e. The molecule has 3 rings (SSSR count). The molecule has 5 nitrogen and oxygen atoms in total. The van der Waals surface area contributed by atoms with Crippen molar-refractivity contribution in [3.05, 3.63) is 29.8 Å². The van der Waals surface area contributed by atoms with Gasteiger partial charge in [-0.3, -0.25) is 4.79 Å². The standard InChI is InChI=1S/C17H24N2O3/c1-13-11-19(12-14(2)22-13)17(20)15-3-5-16(6-4-15)18-7-9-21-10-8-18/h3-6,13-14H,7-12H2,1-2H3. The predicted molar refractivity (Wildman–Crippen MR) is 85.4 cm³/mol. The summed E-state index contributed by atoms with van der Waals surface area (Å²) in [6, 6.07) is 7.92. The van der Waals surface area contributed by atoms with Gasteiger partial charge < -0.3 is 19.3 Å². The molecule has 22 heavy (non-hydrogen) atoms. The van der Waals surface area contributed by atoms with Crippen LogP contribution in [0.3, 0.4) is 0 Å². The van der Waals surface area contributed by atoms with Crippen LogP contribution in [0.15, 0.2) is 24.3 Å². The number of benzene rings is 1. The maximum Gasteiger partial charge on any atom is 0.254 e. The number of hydrogen-bond acceptors (Lipinski definition) is 4. The molecular formula is C17H24N2O3. The van der Waals surface area contributed by atoms with Crippen molar-refractivity contribution in [2.24, 2.45) is 0 Å². The summed E-state index contributed by atoms with van der Waals surface area (Å²) in [6.45, 7) is 8.70. The van der Waals surface area contributed by atoms with Gasteiger partial charge in [-0.05, 0) is 38.1 Å². The Kier molecular flexibility index (Phi) is 4.64. The first-order valence-corrected chi connectivity index (χ1v) is 8.01. The minimum atomic E-state index is 0.0931. The first-order valence-electron chi connectivity index (χ1n) is 8.01. The van der Waals surface area contributed by atoms with Gasteiger partial charge in [-0.2, -0.15) is 0 Å². The van der Waals surface area contributed by atoms with Crippen molar-refractivity contribution < 1.29 is 14.3 Å². The van der Waals surface area contributed by atoms with Gasteiger partial charge in [0.05, 0.1) is 25.4 Å². The third-order valence-electron chi connectivity index (χ3n) is 4.20. The van der Waals surface area contributed by atoms with Crippen LogP contribution in [0.5, 0.6) is 0 Å². The van der Waals surface area contributed by atoms with E-state index in [2.05, 4.69) is 4.90 Å². The molecule has 120 valence electrons. The van der Waals surface area contributed by atoms with Crippen molar-refractivity contribution in [1.82, 2.24) is 4.90 Å². The summed E-state index contributed by atoms with van der Waals surface area (Å²) in [5.74, 6) is 0.0931. The molecule has 0 aliphatic carbocycles. The van der Waals surface area contributed by atoms with E-state index in [1.807, 2.05) is 43.0 Å². The molecule has 1 aromatic carbocycles. The van der Waals surface area contributed by atoms with Gasteiger partial charge in [-0.25, -0.2) is 0 Å². The molecule has 2 unspecified atom stereocenters. The van der Waals surface area contributed by atoms with Crippen LogP contribution in [0.4, 0.5) is 5.69 Å². The van der Waals surface area contributed by atoms with Gasteiger partial charge in [0.2, 0.25) is 0 Å². The van der Waals surface area contributed by atoms with E-state index in [9.17, 15) is 4.79 Å². The van der Waals surface area contributed by atoms with Gasteiger partial charge in [-0.1, -0.05) is 0 Å². The Labute approximate surface area is 131 Å². The van der Waals surface area contributed by atoms with E-state index >= 15 is 0 Å². The molecule has 0 bridgehead atoms. The SMILES string of the molecule is CC1CN(C(=O)c2ccc(N3CCOCC3)cc2)CC(C)O1. The fourth-order valence-electron chi connectivity index (χ4n) is 3.16. The normalized spacial score (nSPS) is 26.1. The van der Waals surface area contributed by atoms with Crippen LogP contribution in [0.2, 0.25) is 0 Å². The number of morpholine rings is 2. The molecule has 0 N–H and O–H groups in total. The number of amides is 1. The Morgan fingerprint density at radius 3 is 2.23 bits per heavy atom. The van der Waals surface area contributed by atoms with Crippen molar-refractivity contribution in [2.75, 3.05) is 44.3 Å². The lowest BCUT2D eigenvalue weighted by Crippen LogP contribution is -2.48. The van der Waals surface area contributed by atoms with Gasteiger partial charge in [0.1, 0.15) is 0 Å². The van der Waals surface area contributed by atoms with Crippen LogP contribution >= 0.6 is 0 Å². The Morgan fingerprint density at radius 1 is 1.05 bits per heavy atom. The number of ether oxygens (including phenoxy) is 2. The van der Waals surface area contributed by atoms with Crippen molar-refractivity contribution in [3.8, 4) is 0 Å². The Morgan fingerprint density at radius 2 is 1.64 bits per heavy atom. The summed E-state index contributed by atoms with van der Waals surface area (Å²) >= 11 is 0. The van der Waals surface area contributed by atoms with E-state index in [4.69, 9.17) is 9.47 Å². The topological polar surface area (TPSA) is 42.0 Å². The second-order valence-electron chi connectivity index (χ2n) is 6.11. The summed E-state index contributed by atoms with van der Waals surface area (Å²) in [5, 5.41) is 0. The highest BCUT2D eigenvalue weighted by molar-refractivity contribution is 5.94. The Balaban J connectivity index is 1.68. The smallest absolute Gasteiger partial charge is 0.254 e. The lowest BCUT2D eigenvalue weighted by molar-refractivity contribution is -0.0586. The highest BCUT2D eigenvalue weighted by Gasteiger charge is 2.26. The maximum absolute atomic E-state index is 12.6. The average Bonchev–Trinajstić information content (AvgIpc) is 2.54. The highest BCUT2D eigenvalue weighted by atomic mass is 16.5. The molecule has 0 radical (unpaired) electrons. The molecule has 5 heteroatoms. The third kappa shape index (κ3) is 3.42. The highest BCUT2D eigenvalue weighted by Crippen LogP contribution is 2.19. The van der Waals surface area contributed by atoms with E-state index in [0.717, 1.165) is 37.6 Å². The average molecular weight is 304 g/mol. The van der Waals surface area contributed by atoms with Crippen LogP contribution < -0.4 is 4.90 Å². The molecule has 2 aliphatic heterocycles. The zero-order valence-corrected chi connectivity index (χ0v) is 13.3. The number of nitrogens with zero attached hydrogens (tertiary/aromatic N) is 2. The first kappa shape index (κ1) is 15.3. The number of anilines is 1. The second-order valence-corrected chi connectivity index (χ2v) is 6.11. The van der Waals surface area contributed by atoms with Crippen LogP contribution in [-0.4, -0.2) is 62.4 Å². The van der Waals surface area contributed by atoms with Gasteiger partial charge in [0.25, 0.3) is 5.91 Å². The van der Waals surface area contributed by atoms with Gasteiger partial charge in [-0.15, -0.1) is 0 Å². The van der Waals surface area contributed by atoms with E-state index in [-0.39, 0.29) is 18.1 Å². The van der Waals surface area contributed by atoms with Crippen molar-refractivity contribution in [3.63, 3.8) is 0 Å². The Bertz CT molecular complexity index is 501. The van der Waals surface area contributed by atoms with E-state index in [1.165, 1.54) is 0 Å². The summed E-state index contributed by atoms with van der Waals surface area (Å²) in [7, 11) is 0. The molecule has 0 spiro atoms. The molecule has 2 saturated heterocycles. The van der Waals surface area contributed by atoms with Crippen LogP contribution in [0, 0.1) is 0 Å². The maximum atomic E-state index is 12.6. The molecule has 1 amide bonds. The number of carbonyl (C=O) groups is 1. The van der Waals surface area contributed by atoms with E-state index in [1.54, 1.807) is 0 Å². The van der Waals surface area contributed by atoms with Gasteiger partial charge >= 0.3 is 0 Å². The number of rotatable bonds is 2. The lowest BCUT2D eigenvalue weighted by Gasteiger charge is -2.35. The van der Waals surface area contributed by atoms with Gasteiger partial charge in [0.15, 0.2) is 0 Å². The molecule has 0 aromatic heterocycles. The summed E-state index contributed by atoms with van der Waals surface area (Å²) in [6.07, 6.45) is 0.195. The van der Waals surface area contributed by atoms with Crippen LogP contribution in [0.1, 0.15) is 24.2 Å². The number of carbonyl (C=O) groups excluding carboxylic acids is 1. The molecule has 2 fully saturated rings. The first-order chi connectivity index (χ1) is 10.6. The fraction of sp³-hybridized carbons (Fsp3) is 0.588. The van der Waals surface area contributed by atoms with Crippen molar-refractivity contribution in [1.29, 1.82) is 0 Å². The molecule has 1 aromatic rings. The zero-order valence-electron chi connectivity index (χ0n) is 13.3. The molecule has 2 atom stereocenters. The van der Waals surface area contributed by atoms with E-state index < -0.39 is 0 Å². The second kappa shape index (κ2) is 6.67. The molecule has 2 heterocycles. The van der Waals surface area contributed by atoms with Crippen molar-refractivity contribution in [2.45, 2.75) is 26.1 Å². The molecule has 2 aliphatic rings. The van der Waals surface area contributed by atoms with Gasteiger partial charge in [0, 0.05) is 37.4 Å². The van der Waals surface area contributed by atoms with Crippen molar-refractivity contribution >= 4 is 11.6 Å². The summed E-state index contributed by atoms with van der Waals surface area (Å²) < 4.78 is 11.1. The lowest BCUT2D eigenvalue weighted by atomic mass is 10.1. The predicted octanol–water partition coefficient (Wildman–Crippen LogP) is 1.77. The minimum Gasteiger partial charge on any atom is -0.378 e. The zero-order chi connectivity index (χ0) is 15.5.